The molecule has 4 nitrogen and oxygen atoms in total. The molecule has 1 N–H and O–H groups in total. The molecule has 6 heteroatoms. The van der Waals surface area contributed by atoms with Crippen LogP contribution in [0.15, 0.2) is 27.6 Å². The van der Waals surface area contributed by atoms with Gasteiger partial charge in [-0.3, -0.25) is 0 Å². The first kappa shape index (κ1) is 13.8. The first-order valence-electron chi connectivity index (χ1n) is 5.80. The van der Waals surface area contributed by atoms with Crippen LogP contribution in [0.4, 0.5) is 5.69 Å². The van der Waals surface area contributed by atoms with Crippen LogP contribution < -0.4 is 10.2 Å². The van der Waals surface area contributed by atoms with E-state index in [0.29, 0.717) is 11.4 Å². The predicted molar refractivity (Wildman–Crippen MR) is 76.9 cm³/mol. The SMILES string of the molecule is CNCC1C(C)N(C)c2cc(Br)ccc2S1(=O)=O. The van der Waals surface area contributed by atoms with Gasteiger partial charge < -0.3 is 10.2 Å². The van der Waals surface area contributed by atoms with Crippen LogP contribution in [-0.2, 0) is 9.84 Å². The Balaban J connectivity index is 2.62. The summed E-state index contributed by atoms with van der Waals surface area (Å²) in [6.45, 7) is 2.41. The van der Waals surface area contributed by atoms with Gasteiger partial charge in [0.1, 0.15) is 0 Å². The molecule has 1 aromatic rings. The fourth-order valence-corrected chi connectivity index (χ4v) is 4.89. The average Bonchev–Trinajstić information content (AvgIpc) is 2.32. The van der Waals surface area contributed by atoms with Gasteiger partial charge in [0, 0.05) is 24.1 Å². The molecule has 0 saturated carbocycles. The molecule has 100 valence electrons. The zero-order chi connectivity index (χ0) is 13.5. The number of nitrogens with one attached hydrogen (secondary N) is 1. The highest BCUT2D eigenvalue weighted by Gasteiger charge is 2.40. The van der Waals surface area contributed by atoms with Crippen LogP contribution in [0.25, 0.3) is 0 Å². The molecule has 1 aromatic carbocycles. The average molecular weight is 333 g/mol. The lowest BCUT2D eigenvalue weighted by Gasteiger charge is -2.39. The largest absolute Gasteiger partial charge is 0.369 e. The van der Waals surface area contributed by atoms with E-state index in [1.165, 1.54) is 0 Å². The molecular weight excluding hydrogens is 316 g/mol. The van der Waals surface area contributed by atoms with Gasteiger partial charge in [0.2, 0.25) is 0 Å². The first-order chi connectivity index (χ1) is 8.39. The smallest absolute Gasteiger partial charge is 0.186 e. The molecule has 0 spiro atoms. The second-order valence-electron chi connectivity index (χ2n) is 4.60. The zero-order valence-corrected chi connectivity index (χ0v) is 13.0. The fourth-order valence-electron chi connectivity index (χ4n) is 2.38. The van der Waals surface area contributed by atoms with Crippen molar-refractivity contribution in [1.29, 1.82) is 0 Å². The number of nitrogens with zero attached hydrogens (tertiary/aromatic N) is 1. The Labute approximate surface area is 116 Å². The highest BCUT2D eigenvalue weighted by Crippen LogP contribution is 2.37. The van der Waals surface area contributed by atoms with E-state index >= 15 is 0 Å². The molecule has 0 fully saturated rings. The van der Waals surface area contributed by atoms with Crippen molar-refractivity contribution in [1.82, 2.24) is 5.32 Å². The monoisotopic (exact) mass is 332 g/mol. The summed E-state index contributed by atoms with van der Waals surface area (Å²) in [7, 11) is 0.446. The molecule has 0 aromatic heterocycles. The van der Waals surface area contributed by atoms with E-state index in [4.69, 9.17) is 0 Å². The van der Waals surface area contributed by atoms with Gasteiger partial charge in [0.15, 0.2) is 9.84 Å². The van der Waals surface area contributed by atoms with Crippen molar-refractivity contribution in [3.05, 3.63) is 22.7 Å². The van der Waals surface area contributed by atoms with Gasteiger partial charge in [-0.05, 0) is 32.2 Å². The lowest BCUT2D eigenvalue weighted by Crippen LogP contribution is -2.51. The quantitative estimate of drug-likeness (QED) is 0.894. The summed E-state index contributed by atoms with van der Waals surface area (Å²) < 4.78 is 26.1. The molecule has 2 atom stereocenters. The summed E-state index contributed by atoms with van der Waals surface area (Å²) in [4.78, 5) is 2.45. The van der Waals surface area contributed by atoms with Crippen molar-refractivity contribution in [3.8, 4) is 0 Å². The Morgan fingerprint density at radius 2 is 2.11 bits per heavy atom. The van der Waals surface area contributed by atoms with Crippen molar-refractivity contribution in [2.75, 3.05) is 25.5 Å². The number of halogens is 1. The van der Waals surface area contributed by atoms with Crippen molar-refractivity contribution in [2.45, 2.75) is 23.1 Å². The van der Waals surface area contributed by atoms with Gasteiger partial charge in [0.05, 0.1) is 15.8 Å². The lowest BCUT2D eigenvalue weighted by molar-refractivity contribution is 0.525. The second-order valence-corrected chi connectivity index (χ2v) is 7.66. The number of sulfone groups is 1. The Hall–Kier alpha value is -0.590. The summed E-state index contributed by atoms with van der Waals surface area (Å²) in [5.41, 5.74) is 0.768. The predicted octanol–water partition coefficient (Wildman–Crippen LogP) is 1.65. The van der Waals surface area contributed by atoms with Gasteiger partial charge in [-0.25, -0.2) is 8.42 Å². The molecule has 0 saturated heterocycles. The number of hydrogen-bond donors (Lipinski definition) is 1. The van der Waals surface area contributed by atoms with Crippen LogP contribution in [0.3, 0.4) is 0 Å². The van der Waals surface area contributed by atoms with E-state index in [-0.39, 0.29) is 6.04 Å². The summed E-state index contributed by atoms with van der Waals surface area (Å²) in [5, 5.41) is 2.56. The molecule has 2 unspecified atom stereocenters. The van der Waals surface area contributed by atoms with Gasteiger partial charge >= 0.3 is 0 Å². The molecule has 0 radical (unpaired) electrons. The van der Waals surface area contributed by atoms with Crippen molar-refractivity contribution in [3.63, 3.8) is 0 Å². The zero-order valence-electron chi connectivity index (χ0n) is 10.6. The second kappa shape index (κ2) is 4.83. The number of anilines is 1. The molecule has 0 aliphatic carbocycles. The summed E-state index contributed by atoms with van der Waals surface area (Å²) in [6.07, 6.45) is 0. The molecule has 1 aliphatic rings. The number of fused-ring (bicyclic) bond motifs is 1. The van der Waals surface area contributed by atoms with E-state index < -0.39 is 15.1 Å². The van der Waals surface area contributed by atoms with E-state index in [1.807, 2.05) is 24.9 Å². The third-order valence-corrected chi connectivity index (χ3v) is 6.37. The Morgan fingerprint density at radius 3 is 2.72 bits per heavy atom. The first-order valence-corrected chi connectivity index (χ1v) is 8.14. The summed E-state index contributed by atoms with van der Waals surface area (Å²) in [5.74, 6) is 0. The van der Waals surface area contributed by atoms with E-state index in [9.17, 15) is 8.42 Å². The highest BCUT2D eigenvalue weighted by molar-refractivity contribution is 9.10. The van der Waals surface area contributed by atoms with Crippen molar-refractivity contribution in [2.24, 2.45) is 0 Å². The van der Waals surface area contributed by atoms with Gasteiger partial charge in [-0.2, -0.15) is 0 Å². The Kier molecular flexibility index (Phi) is 3.71. The standard InChI is InChI=1S/C12H17BrN2O2S/c1-8-12(7-14-2)18(16,17)11-5-4-9(13)6-10(11)15(8)3/h4-6,8,12,14H,7H2,1-3H3. The molecule has 0 amide bonds. The Morgan fingerprint density at radius 1 is 1.44 bits per heavy atom. The van der Waals surface area contributed by atoms with Crippen LogP contribution in [-0.4, -0.2) is 40.3 Å². The van der Waals surface area contributed by atoms with Gasteiger partial charge in [-0.15, -0.1) is 0 Å². The highest BCUT2D eigenvalue weighted by atomic mass is 79.9. The molecule has 1 heterocycles. The summed E-state index contributed by atoms with van der Waals surface area (Å²) in [6, 6.07) is 5.26. The molecule has 0 bridgehead atoms. The van der Waals surface area contributed by atoms with Gasteiger partial charge in [0.25, 0.3) is 0 Å². The third-order valence-electron chi connectivity index (χ3n) is 3.56. The number of rotatable bonds is 2. The maximum Gasteiger partial charge on any atom is 0.186 e. The van der Waals surface area contributed by atoms with Crippen LogP contribution >= 0.6 is 15.9 Å². The topological polar surface area (TPSA) is 49.4 Å². The van der Waals surface area contributed by atoms with E-state index in [1.54, 1.807) is 19.2 Å². The van der Waals surface area contributed by atoms with E-state index in [2.05, 4.69) is 21.2 Å². The van der Waals surface area contributed by atoms with Crippen LogP contribution in [0.1, 0.15) is 6.92 Å². The van der Waals surface area contributed by atoms with Crippen molar-refractivity contribution >= 4 is 31.5 Å². The van der Waals surface area contributed by atoms with Gasteiger partial charge in [-0.1, -0.05) is 15.9 Å². The molecule has 18 heavy (non-hydrogen) atoms. The molecular formula is C12H17BrN2O2S. The fraction of sp³-hybridized carbons (Fsp3) is 0.500. The van der Waals surface area contributed by atoms with Crippen LogP contribution in [0, 0.1) is 0 Å². The van der Waals surface area contributed by atoms with Crippen LogP contribution in [0.5, 0.6) is 0 Å². The van der Waals surface area contributed by atoms with Crippen LogP contribution in [0.2, 0.25) is 0 Å². The number of benzene rings is 1. The lowest BCUT2D eigenvalue weighted by atomic mass is 10.1. The number of hydrogen-bond acceptors (Lipinski definition) is 4. The minimum atomic E-state index is -3.27. The maximum absolute atomic E-state index is 12.6. The molecule has 1 aliphatic heterocycles. The minimum absolute atomic E-state index is 0.0516. The Bertz CT molecular complexity index is 559. The third kappa shape index (κ3) is 2.06. The minimum Gasteiger partial charge on any atom is -0.369 e. The normalized spacial score (nSPS) is 25.9. The van der Waals surface area contributed by atoms with Crippen molar-refractivity contribution < 1.29 is 8.42 Å². The molecule has 2 rings (SSSR count). The summed E-state index contributed by atoms with van der Waals surface area (Å²) >= 11 is 3.39. The van der Waals surface area contributed by atoms with E-state index in [0.717, 1.165) is 10.2 Å². The maximum atomic E-state index is 12.6.